The number of aromatic amines is 2. The van der Waals surface area contributed by atoms with Crippen LogP contribution >= 0.6 is 0 Å². The van der Waals surface area contributed by atoms with Crippen molar-refractivity contribution in [3.8, 4) is 11.1 Å². The summed E-state index contributed by atoms with van der Waals surface area (Å²) in [6.45, 7) is -0.813. The van der Waals surface area contributed by atoms with Crippen LogP contribution < -0.4 is 86.3 Å². The molecule has 298 valence electrons. The van der Waals surface area contributed by atoms with Crippen molar-refractivity contribution in [2.45, 2.75) is 40.2 Å². The first-order valence-corrected chi connectivity index (χ1v) is 19.2. The van der Waals surface area contributed by atoms with Gasteiger partial charge >= 0.3 is 70.7 Å². The Hall–Kier alpha value is -3.95. The van der Waals surface area contributed by atoms with Gasteiger partial charge in [0.25, 0.3) is 17.4 Å². The Kier molecular flexibility index (Phi) is 15.5. The molecule has 1 aliphatic rings. The SMILES string of the molecule is O=C([NH2+]c1ccc(S(=O)(=O)[O-])c2c[c-]cc(S(=O)(=O)[O-])c12)c1ccc(-c2cccc(NC(=O)[C@@H]3OC(CO)[C@H](O)[C@H](O)C3NC(=O)c3cc(=O)[nH]c(=O)[nH]3)c2)cc1.[Na+].[Na+]. The Labute approximate surface area is 377 Å². The fraction of sp³-hybridized carbons (Fsp3) is 0.171. The third-order valence-electron chi connectivity index (χ3n) is 8.87. The van der Waals surface area contributed by atoms with Gasteiger partial charge < -0.3 is 44.8 Å². The average molecular weight is 870 g/mol. The topological polar surface area (TPSA) is 342 Å². The summed E-state index contributed by atoms with van der Waals surface area (Å²) in [5.41, 5.74) is -1.30. The summed E-state index contributed by atoms with van der Waals surface area (Å²) in [7, 11) is -10.3. The van der Waals surface area contributed by atoms with Crippen molar-refractivity contribution in [2.24, 2.45) is 0 Å². The smallest absolute Gasteiger partial charge is 0.754 e. The molecule has 0 saturated carbocycles. The molecule has 2 unspecified atom stereocenters. The number of aliphatic hydroxyl groups excluding tert-OH is 3. The third-order valence-corrected chi connectivity index (χ3v) is 10.6. The standard InChI is InChI=1S/C35H30N5O15S2.2Na/c41-15-23-29(43)30(44)28(40-33(46)22-14-26(42)39-35(48)38-22)31(55-23)34(47)36-19-4-1-3-18(13-19)16-7-9-17(10-8-16)32(45)37-21-11-12-24(56(49,50)51)20-5-2-6-25(27(20)21)57(52,53)54;;/h1,3-14,23,28-31,41,43-44H,15H2,(H,36,47)(H,37,45)(H,40,46)(H,49,50,51)(H,52,53,54)(H2,38,39,42,48);;/q-1;2*+1/p-1/t23?,28?,29-,30+,31+;;/m0../s1. The van der Waals surface area contributed by atoms with Crippen molar-refractivity contribution in [1.82, 2.24) is 15.3 Å². The van der Waals surface area contributed by atoms with Gasteiger partial charge in [0.2, 0.25) is 0 Å². The number of amides is 3. The fourth-order valence-electron chi connectivity index (χ4n) is 6.21. The van der Waals surface area contributed by atoms with E-state index >= 15 is 0 Å². The van der Waals surface area contributed by atoms with Crippen LogP contribution in [0.5, 0.6) is 0 Å². The quantitative estimate of drug-likeness (QED) is 0.0280. The maximum absolute atomic E-state index is 13.5. The minimum absolute atomic E-state index is 0. The molecular weight excluding hydrogens is 841 g/mol. The molecule has 0 radical (unpaired) electrons. The zero-order valence-corrected chi connectivity index (χ0v) is 36.4. The van der Waals surface area contributed by atoms with Crippen LogP contribution in [0.15, 0.2) is 98.2 Å². The average Bonchev–Trinajstić information content (AvgIpc) is 3.15. The van der Waals surface area contributed by atoms with Crippen molar-refractivity contribution >= 4 is 60.1 Å². The minimum Gasteiger partial charge on any atom is -0.754 e. The molecule has 59 heavy (non-hydrogen) atoms. The Bertz CT molecular complexity index is 2740. The minimum atomic E-state index is -5.21. The number of ether oxygens (including phenoxy) is 1. The van der Waals surface area contributed by atoms with Crippen LogP contribution in [0.1, 0.15) is 20.8 Å². The van der Waals surface area contributed by atoms with E-state index in [9.17, 15) is 65.2 Å². The van der Waals surface area contributed by atoms with E-state index in [-0.39, 0.29) is 76.1 Å². The van der Waals surface area contributed by atoms with Crippen LogP contribution in [0.2, 0.25) is 0 Å². The summed E-state index contributed by atoms with van der Waals surface area (Å²) in [5.74, 6) is -2.71. The first-order valence-electron chi connectivity index (χ1n) is 16.4. The number of fused-ring (bicyclic) bond motifs is 1. The summed E-state index contributed by atoms with van der Waals surface area (Å²) in [4.78, 5) is 65.5. The van der Waals surface area contributed by atoms with E-state index in [0.29, 0.717) is 11.1 Å². The zero-order chi connectivity index (χ0) is 41.4. The van der Waals surface area contributed by atoms with Gasteiger partial charge in [-0.05, 0) is 51.7 Å². The van der Waals surface area contributed by atoms with Gasteiger partial charge in [0.15, 0.2) is 6.10 Å². The largest absolute Gasteiger partial charge is 1.00 e. The molecule has 6 rings (SSSR count). The fourth-order valence-corrected chi connectivity index (χ4v) is 7.56. The number of aromatic nitrogens is 2. The van der Waals surface area contributed by atoms with Crippen LogP contribution in [-0.4, -0.2) is 106 Å². The Morgan fingerprint density at radius 1 is 0.847 bits per heavy atom. The van der Waals surface area contributed by atoms with Crippen LogP contribution in [-0.2, 0) is 29.8 Å². The third kappa shape index (κ3) is 10.7. The van der Waals surface area contributed by atoms with Crippen molar-refractivity contribution in [3.63, 3.8) is 0 Å². The number of carbonyl (C=O) groups excluding carboxylic acids is 3. The van der Waals surface area contributed by atoms with E-state index < -0.39 is 113 Å². The Morgan fingerprint density at radius 2 is 1.53 bits per heavy atom. The van der Waals surface area contributed by atoms with Crippen molar-refractivity contribution in [3.05, 3.63) is 117 Å². The van der Waals surface area contributed by atoms with E-state index in [2.05, 4.69) is 21.7 Å². The van der Waals surface area contributed by atoms with E-state index in [0.717, 1.165) is 35.6 Å². The van der Waals surface area contributed by atoms with Crippen LogP contribution in [0.25, 0.3) is 21.9 Å². The number of anilines is 1. The van der Waals surface area contributed by atoms with Gasteiger partial charge in [0, 0.05) is 16.6 Å². The molecule has 0 aliphatic carbocycles. The molecule has 24 heteroatoms. The summed E-state index contributed by atoms with van der Waals surface area (Å²) >= 11 is 0. The number of hydrogen-bond donors (Lipinski definition) is 8. The van der Waals surface area contributed by atoms with Gasteiger partial charge in [-0.15, -0.1) is 5.39 Å². The molecule has 9 N–H and O–H groups in total. The molecule has 1 saturated heterocycles. The van der Waals surface area contributed by atoms with E-state index in [1.807, 2.05) is 4.98 Å². The number of quaternary nitrogens is 1. The van der Waals surface area contributed by atoms with Gasteiger partial charge in [0.05, 0.1) is 28.3 Å². The predicted molar refractivity (Wildman–Crippen MR) is 192 cm³/mol. The molecule has 3 amide bonds. The normalized spacial score (nSPS) is 19.2. The number of primary amides is 1. The molecule has 5 aromatic rings. The second-order valence-electron chi connectivity index (χ2n) is 12.6. The molecule has 0 spiro atoms. The number of nitrogens with two attached hydrogens (primary N) is 1. The number of hydrogen-bond acceptors (Lipinski definition) is 15. The maximum atomic E-state index is 13.5. The Balaban J connectivity index is 0.00000384. The first-order chi connectivity index (χ1) is 26.8. The number of carbonyl (C=O) groups is 3. The van der Waals surface area contributed by atoms with Crippen LogP contribution in [0, 0.1) is 6.07 Å². The molecule has 4 aromatic carbocycles. The molecule has 1 fully saturated rings. The summed E-state index contributed by atoms with van der Waals surface area (Å²) in [6, 6.07) is 17.3. The number of nitrogens with one attached hydrogen (secondary N) is 4. The van der Waals surface area contributed by atoms with Gasteiger partial charge in [-0.3, -0.25) is 27.8 Å². The van der Waals surface area contributed by atoms with Crippen molar-refractivity contribution in [2.75, 3.05) is 11.9 Å². The summed E-state index contributed by atoms with van der Waals surface area (Å²) < 4.78 is 77.2. The molecule has 1 aromatic heterocycles. The molecule has 2 heterocycles. The van der Waals surface area contributed by atoms with Gasteiger partial charge in [-0.2, -0.15) is 18.2 Å². The number of benzene rings is 4. The Morgan fingerprint density at radius 3 is 2.15 bits per heavy atom. The van der Waals surface area contributed by atoms with Crippen LogP contribution in [0.4, 0.5) is 11.4 Å². The second kappa shape index (κ2) is 19.2. The van der Waals surface area contributed by atoms with Gasteiger partial charge in [-0.1, -0.05) is 30.3 Å². The molecule has 1 aliphatic heterocycles. The monoisotopic (exact) mass is 869 g/mol. The zero-order valence-electron chi connectivity index (χ0n) is 30.7. The van der Waals surface area contributed by atoms with Gasteiger partial charge in [0.1, 0.15) is 39.8 Å². The molecule has 20 nitrogen and oxygen atoms in total. The number of aliphatic hydroxyl groups is 3. The van der Waals surface area contributed by atoms with E-state index in [1.54, 1.807) is 12.1 Å². The van der Waals surface area contributed by atoms with Crippen molar-refractivity contribution in [1.29, 1.82) is 0 Å². The van der Waals surface area contributed by atoms with E-state index in [1.165, 1.54) is 36.4 Å². The summed E-state index contributed by atoms with van der Waals surface area (Å²) in [5, 5.41) is 36.0. The molecular formula is C35H29N5Na2O15S2. The number of H-pyrrole nitrogens is 2. The van der Waals surface area contributed by atoms with Gasteiger partial charge in [-0.25, -0.2) is 23.3 Å². The van der Waals surface area contributed by atoms with Crippen LogP contribution in [0.3, 0.4) is 0 Å². The maximum Gasteiger partial charge on any atom is 1.00 e. The predicted octanol–water partition coefficient (Wildman–Crippen LogP) is -8.25. The first kappa shape index (κ1) is 47.7. The number of rotatable bonds is 10. The molecule has 0 bridgehead atoms. The summed E-state index contributed by atoms with van der Waals surface area (Å²) in [6.07, 6.45) is -6.78. The second-order valence-corrected chi connectivity index (χ2v) is 15.3. The molecule has 5 atom stereocenters. The van der Waals surface area contributed by atoms with Crippen molar-refractivity contribution < 1.29 is 125 Å². The van der Waals surface area contributed by atoms with E-state index in [4.69, 9.17) is 4.74 Å².